The van der Waals surface area contributed by atoms with Gasteiger partial charge in [0.25, 0.3) is 0 Å². The molecular formula is C20H26O6. The minimum Gasteiger partial charge on any atom is -0.500 e. The van der Waals surface area contributed by atoms with Crippen molar-refractivity contribution in [2.45, 2.75) is 44.3 Å². The second-order valence-electron chi connectivity index (χ2n) is 6.49. The van der Waals surface area contributed by atoms with Crippen molar-refractivity contribution < 1.29 is 28.5 Å². The summed E-state index contributed by atoms with van der Waals surface area (Å²) in [4.78, 5) is 12.4. The molecule has 1 aromatic carbocycles. The minimum atomic E-state index is -1.17. The first-order valence-corrected chi connectivity index (χ1v) is 8.79. The van der Waals surface area contributed by atoms with Crippen molar-refractivity contribution in [2.24, 2.45) is 0 Å². The highest BCUT2D eigenvalue weighted by atomic mass is 16.7. The molecule has 0 aromatic heterocycles. The highest BCUT2D eigenvalue weighted by Gasteiger charge is 2.67. The molecule has 1 aliphatic heterocycles. The molecule has 142 valence electrons. The van der Waals surface area contributed by atoms with Gasteiger partial charge in [0, 0.05) is 24.8 Å². The lowest BCUT2D eigenvalue weighted by Crippen LogP contribution is -2.57. The molecule has 0 N–H and O–H groups in total. The van der Waals surface area contributed by atoms with Gasteiger partial charge in [0.2, 0.25) is 5.79 Å². The number of ether oxygens (including phenoxy) is 5. The molecule has 3 rings (SSSR count). The third-order valence-corrected chi connectivity index (χ3v) is 5.64. The number of rotatable bonds is 6. The van der Waals surface area contributed by atoms with Crippen LogP contribution in [0.4, 0.5) is 0 Å². The van der Waals surface area contributed by atoms with Crippen molar-refractivity contribution in [2.75, 3.05) is 28.4 Å². The van der Waals surface area contributed by atoms with Gasteiger partial charge in [-0.3, -0.25) is 4.79 Å². The van der Waals surface area contributed by atoms with E-state index in [9.17, 15) is 4.79 Å². The van der Waals surface area contributed by atoms with E-state index in [2.05, 4.69) is 0 Å². The zero-order valence-electron chi connectivity index (χ0n) is 16.2. The fraction of sp³-hybridized carbons (Fsp3) is 0.550. The van der Waals surface area contributed by atoms with Crippen molar-refractivity contribution in [3.8, 4) is 17.2 Å². The molecule has 26 heavy (non-hydrogen) atoms. The van der Waals surface area contributed by atoms with Gasteiger partial charge < -0.3 is 23.7 Å². The van der Waals surface area contributed by atoms with Gasteiger partial charge >= 0.3 is 0 Å². The van der Waals surface area contributed by atoms with Gasteiger partial charge in [0.15, 0.2) is 5.78 Å². The molecule has 0 bridgehead atoms. The lowest BCUT2D eigenvalue weighted by Gasteiger charge is -2.45. The number of carbonyl (C=O) groups excluding carboxylic acids is 1. The first-order valence-electron chi connectivity index (χ1n) is 8.79. The number of hydrogen-bond donors (Lipinski definition) is 0. The van der Waals surface area contributed by atoms with Crippen LogP contribution in [0.2, 0.25) is 0 Å². The number of carbonyl (C=O) groups is 1. The molecule has 0 saturated heterocycles. The minimum absolute atomic E-state index is 0.0952. The highest BCUT2D eigenvalue weighted by molar-refractivity contribution is 5.93. The second kappa shape index (κ2) is 6.50. The van der Waals surface area contributed by atoms with E-state index in [1.807, 2.05) is 19.9 Å². The lowest BCUT2D eigenvalue weighted by atomic mass is 9.66. The fourth-order valence-electron chi connectivity index (χ4n) is 4.52. The zero-order valence-corrected chi connectivity index (χ0v) is 16.2. The Morgan fingerprint density at radius 2 is 1.85 bits per heavy atom. The second-order valence-corrected chi connectivity index (χ2v) is 6.49. The van der Waals surface area contributed by atoms with Crippen LogP contribution in [-0.2, 0) is 26.1 Å². The molecule has 0 saturated carbocycles. The van der Waals surface area contributed by atoms with Gasteiger partial charge in [-0.05, 0) is 12.8 Å². The van der Waals surface area contributed by atoms with Gasteiger partial charge in [-0.15, -0.1) is 0 Å². The Hall–Kier alpha value is -2.21. The van der Waals surface area contributed by atoms with E-state index in [-0.39, 0.29) is 12.2 Å². The van der Waals surface area contributed by atoms with Crippen LogP contribution in [0.25, 0.3) is 0 Å². The Bertz CT molecular complexity index is 768. The molecule has 1 aliphatic carbocycles. The summed E-state index contributed by atoms with van der Waals surface area (Å²) >= 11 is 0. The Labute approximate surface area is 154 Å². The zero-order chi connectivity index (χ0) is 19.1. The van der Waals surface area contributed by atoms with Crippen LogP contribution < -0.4 is 14.2 Å². The summed E-state index contributed by atoms with van der Waals surface area (Å²) in [5.74, 6) is 1.24. The summed E-state index contributed by atoms with van der Waals surface area (Å²) in [7, 11) is 6.38. The van der Waals surface area contributed by atoms with E-state index in [1.54, 1.807) is 34.5 Å². The molecule has 0 amide bonds. The molecule has 2 unspecified atom stereocenters. The molecule has 1 aromatic rings. The maximum atomic E-state index is 12.4. The quantitative estimate of drug-likeness (QED) is 0.775. The Morgan fingerprint density at radius 1 is 1.12 bits per heavy atom. The third kappa shape index (κ3) is 2.11. The summed E-state index contributed by atoms with van der Waals surface area (Å²) in [6.45, 7) is 4.08. The monoisotopic (exact) mass is 362 g/mol. The molecular weight excluding hydrogens is 336 g/mol. The van der Waals surface area contributed by atoms with Gasteiger partial charge in [-0.2, -0.15) is 0 Å². The number of allylic oxidation sites excluding steroid dienone is 1. The van der Waals surface area contributed by atoms with Crippen LogP contribution in [-0.4, -0.2) is 40.0 Å². The maximum absolute atomic E-state index is 12.4. The predicted octanol–water partition coefficient (Wildman–Crippen LogP) is 3.15. The van der Waals surface area contributed by atoms with Crippen molar-refractivity contribution in [3.63, 3.8) is 0 Å². The molecule has 6 heteroatoms. The van der Waals surface area contributed by atoms with E-state index in [1.165, 1.54) is 0 Å². The average molecular weight is 362 g/mol. The van der Waals surface area contributed by atoms with Gasteiger partial charge in [-0.1, -0.05) is 13.8 Å². The van der Waals surface area contributed by atoms with Crippen LogP contribution in [0.5, 0.6) is 17.2 Å². The van der Waals surface area contributed by atoms with Gasteiger partial charge in [-0.25, -0.2) is 0 Å². The van der Waals surface area contributed by atoms with Gasteiger partial charge in [0.05, 0.1) is 33.3 Å². The van der Waals surface area contributed by atoms with Crippen molar-refractivity contribution in [1.29, 1.82) is 0 Å². The Morgan fingerprint density at radius 3 is 2.35 bits per heavy atom. The predicted molar refractivity (Wildman–Crippen MR) is 96.0 cm³/mol. The molecule has 0 spiro atoms. The average Bonchev–Trinajstić information content (AvgIpc) is 2.95. The summed E-state index contributed by atoms with van der Waals surface area (Å²) in [5, 5.41) is 0. The first kappa shape index (κ1) is 18.6. The number of benzene rings is 1. The number of fused-ring (bicyclic) bond motifs is 3. The van der Waals surface area contributed by atoms with Crippen LogP contribution >= 0.6 is 0 Å². The van der Waals surface area contributed by atoms with Crippen LogP contribution in [0, 0.1) is 0 Å². The molecule has 0 fully saturated rings. The molecule has 2 aliphatic rings. The normalized spacial score (nSPS) is 26.5. The Balaban J connectivity index is 2.43. The number of ketones is 1. The SMILES string of the molecule is CCc1c(OC)cc2c(c1OC)C1(CC)C(OC)=CC(=O)CC1(OC)O2. The summed E-state index contributed by atoms with van der Waals surface area (Å²) in [6, 6.07) is 1.85. The van der Waals surface area contributed by atoms with E-state index >= 15 is 0 Å². The maximum Gasteiger partial charge on any atom is 0.234 e. The lowest BCUT2D eigenvalue weighted by molar-refractivity contribution is -0.203. The smallest absolute Gasteiger partial charge is 0.234 e. The van der Waals surface area contributed by atoms with Crippen LogP contribution in [0.1, 0.15) is 37.8 Å². The molecule has 2 atom stereocenters. The third-order valence-electron chi connectivity index (χ3n) is 5.64. The first-order chi connectivity index (χ1) is 12.5. The van der Waals surface area contributed by atoms with E-state index in [0.717, 1.165) is 17.5 Å². The van der Waals surface area contributed by atoms with Crippen LogP contribution in [0.15, 0.2) is 17.9 Å². The molecule has 1 heterocycles. The van der Waals surface area contributed by atoms with E-state index < -0.39 is 11.2 Å². The van der Waals surface area contributed by atoms with E-state index in [0.29, 0.717) is 29.4 Å². The van der Waals surface area contributed by atoms with Crippen LogP contribution in [0.3, 0.4) is 0 Å². The van der Waals surface area contributed by atoms with Crippen molar-refractivity contribution in [1.82, 2.24) is 0 Å². The summed E-state index contributed by atoms with van der Waals surface area (Å²) < 4.78 is 29.2. The van der Waals surface area contributed by atoms with Crippen molar-refractivity contribution in [3.05, 3.63) is 29.0 Å². The number of methoxy groups -OCH3 is 4. The van der Waals surface area contributed by atoms with Gasteiger partial charge in [0.1, 0.15) is 28.4 Å². The highest BCUT2D eigenvalue weighted by Crippen LogP contribution is 2.63. The molecule has 6 nitrogen and oxygen atoms in total. The summed E-state index contributed by atoms with van der Waals surface area (Å²) in [6.07, 6.45) is 3.00. The van der Waals surface area contributed by atoms with Crippen molar-refractivity contribution >= 4 is 5.78 Å². The Kier molecular flexibility index (Phi) is 4.65. The number of hydrogen-bond acceptors (Lipinski definition) is 6. The standard InChI is InChI=1S/C20H26O6/c1-7-13-14(22-3)10-15-17(18(13)24-5)19(8-2)16(23-4)9-12(21)11-20(19,25-6)26-15/h9-10H,7-8,11H2,1-6H3. The fourth-order valence-corrected chi connectivity index (χ4v) is 4.52. The summed E-state index contributed by atoms with van der Waals surface area (Å²) in [5.41, 5.74) is 1.02. The molecule has 0 radical (unpaired) electrons. The topological polar surface area (TPSA) is 63.2 Å². The largest absolute Gasteiger partial charge is 0.500 e. The van der Waals surface area contributed by atoms with E-state index in [4.69, 9.17) is 23.7 Å².